The first-order valence-corrected chi connectivity index (χ1v) is 18.4. The molecule has 0 radical (unpaired) electrons. The second-order valence-corrected chi connectivity index (χ2v) is 16.2. The molecule has 0 amide bonds. The Kier molecular flexibility index (Phi) is 11.4. The molecule has 2 aromatic rings. The number of nitrogens with zero attached hydrogens (tertiary/aromatic N) is 4. The zero-order valence-corrected chi connectivity index (χ0v) is 30.2. The highest BCUT2D eigenvalue weighted by atomic mass is 31.1. The number of fused-ring (bicyclic) bond motifs is 1. The van der Waals surface area contributed by atoms with Crippen LogP contribution in [0.3, 0.4) is 0 Å². The van der Waals surface area contributed by atoms with Crippen LogP contribution in [0.15, 0.2) is 12.7 Å². The van der Waals surface area contributed by atoms with Gasteiger partial charge in [-0.1, -0.05) is 53.4 Å². The van der Waals surface area contributed by atoms with Crippen LogP contribution in [0, 0.1) is 10.8 Å². The van der Waals surface area contributed by atoms with Crippen LogP contribution < -0.4 is 15.9 Å². The van der Waals surface area contributed by atoms with Gasteiger partial charge in [0.2, 0.25) is 0 Å². The van der Waals surface area contributed by atoms with Crippen molar-refractivity contribution < 1.29 is 23.8 Å². The smallest absolute Gasteiger partial charge is 0.326 e. The van der Waals surface area contributed by atoms with E-state index in [-0.39, 0.29) is 47.4 Å². The number of nitrogens with two attached hydrogens (primary N) is 1. The normalized spacial score (nSPS) is 19.1. The molecule has 0 aliphatic heterocycles. The van der Waals surface area contributed by atoms with Crippen molar-refractivity contribution in [1.82, 2.24) is 29.7 Å². The minimum Gasteiger partial charge on any atom is -0.461 e. The van der Waals surface area contributed by atoms with Crippen molar-refractivity contribution in [2.45, 2.75) is 150 Å². The third-order valence-electron chi connectivity index (χ3n) is 10.4. The zero-order chi connectivity index (χ0) is 33.9. The number of ether oxygens (including phenoxy) is 3. The summed E-state index contributed by atoms with van der Waals surface area (Å²) in [4.78, 5) is 39.6. The van der Waals surface area contributed by atoms with E-state index in [1.165, 1.54) is 6.33 Å². The molecule has 46 heavy (non-hydrogen) atoms. The van der Waals surface area contributed by atoms with Crippen LogP contribution in [0.4, 0.5) is 5.82 Å². The lowest BCUT2D eigenvalue weighted by Gasteiger charge is -2.47. The molecule has 4 rings (SSSR count). The highest BCUT2D eigenvalue weighted by Crippen LogP contribution is 2.49. The van der Waals surface area contributed by atoms with E-state index >= 15 is 0 Å². The number of carbonyl (C=O) groups is 2. The highest BCUT2D eigenvalue weighted by Gasteiger charge is 2.47. The highest BCUT2D eigenvalue weighted by molar-refractivity contribution is 7.53. The molecular weight excluding hydrogens is 605 g/mol. The average Bonchev–Trinajstić information content (AvgIpc) is 3.38. The Morgan fingerprint density at radius 3 is 1.85 bits per heavy atom. The molecule has 2 aromatic heterocycles. The third-order valence-corrected chi connectivity index (χ3v) is 12.5. The third kappa shape index (κ3) is 8.17. The molecule has 2 aliphatic rings. The number of nitrogens with one attached hydrogen (secondary N) is 2. The van der Waals surface area contributed by atoms with Gasteiger partial charge in [0.1, 0.15) is 35.1 Å². The fourth-order valence-corrected chi connectivity index (χ4v) is 8.77. The lowest BCUT2D eigenvalue weighted by molar-refractivity contribution is -0.168. The largest absolute Gasteiger partial charge is 0.461 e. The molecule has 0 aromatic carbocycles. The number of nitrogen functional groups attached to an aromatic ring is 1. The van der Waals surface area contributed by atoms with Crippen molar-refractivity contribution in [2.24, 2.45) is 10.8 Å². The molecule has 2 aliphatic carbocycles. The number of aromatic nitrogens is 4. The van der Waals surface area contributed by atoms with Crippen LogP contribution in [0.2, 0.25) is 0 Å². The van der Waals surface area contributed by atoms with E-state index in [9.17, 15) is 9.59 Å². The molecule has 4 N–H and O–H groups in total. The molecule has 258 valence electrons. The van der Waals surface area contributed by atoms with Crippen LogP contribution in [0.25, 0.3) is 11.2 Å². The van der Waals surface area contributed by atoms with E-state index in [0.717, 1.165) is 51.4 Å². The Morgan fingerprint density at radius 1 is 0.913 bits per heavy atom. The molecule has 1 atom stereocenters. The first-order chi connectivity index (χ1) is 21.6. The quantitative estimate of drug-likeness (QED) is 0.138. The fourth-order valence-electron chi connectivity index (χ4n) is 6.65. The maximum Gasteiger partial charge on any atom is 0.326 e. The van der Waals surface area contributed by atoms with Crippen molar-refractivity contribution in [3.63, 3.8) is 0 Å². The Bertz CT molecular complexity index is 1290. The van der Waals surface area contributed by atoms with Crippen molar-refractivity contribution in [3.05, 3.63) is 12.7 Å². The average molecular weight is 662 g/mol. The predicted molar refractivity (Wildman–Crippen MR) is 181 cm³/mol. The monoisotopic (exact) mass is 661 g/mol. The molecule has 0 saturated heterocycles. The van der Waals surface area contributed by atoms with Crippen molar-refractivity contribution in [3.8, 4) is 0 Å². The summed E-state index contributed by atoms with van der Waals surface area (Å²) in [5, 5.41) is 6.92. The maximum atomic E-state index is 13.4. The van der Waals surface area contributed by atoms with Crippen LogP contribution in [-0.2, 0) is 30.3 Å². The summed E-state index contributed by atoms with van der Waals surface area (Å²) in [6.07, 6.45) is 10.9. The number of imidazole rings is 1. The van der Waals surface area contributed by atoms with Gasteiger partial charge in [-0.2, -0.15) is 0 Å². The molecule has 12 nitrogen and oxygen atoms in total. The Hall–Kier alpha value is -2.40. The summed E-state index contributed by atoms with van der Waals surface area (Å²) < 4.78 is 20.1. The van der Waals surface area contributed by atoms with E-state index in [1.54, 1.807) is 6.33 Å². The molecule has 13 heteroatoms. The number of anilines is 1. The van der Waals surface area contributed by atoms with Gasteiger partial charge < -0.3 is 24.5 Å². The molecule has 2 saturated carbocycles. The van der Waals surface area contributed by atoms with Gasteiger partial charge >= 0.3 is 11.9 Å². The van der Waals surface area contributed by atoms with E-state index in [1.807, 2.05) is 39.2 Å². The van der Waals surface area contributed by atoms with E-state index < -0.39 is 19.3 Å². The van der Waals surface area contributed by atoms with Gasteiger partial charge in [-0.25, -0.2) is 15.0 Å². The topological polar surface area (TPSA) is 156 Å². The van der Waals surface area contributed by atoms with Gasteiger partial charge in [0.05, 0.1) is 33.5 Å². The number of hydrogen-bond donors (Lipinski definition) is 3. The van der Waals surface area contributed by atoms with Gasteiger partial charge in [0, 0.05) is 0 Å². The van der Waals surface area contributed by atoms with E-state index in [4.69, 9.17) is 19.9 Å². The van der Waals surface area contributed by atoms with Gasteiger partial charge in [0.25, 0.3) is 0 Å². The summed E-state index contributed by atoms with van der Waals surface area (Å²) in [6.45, 7) is 18.5. The molecule has 2 fully saturated rings. The summed E-state index contributed by atoms with van der Waals surface area (Å²) in [5.74, 6) is -0.298. The molecule has 0 bridgehead atoms. The summed E-state index contributed by atoms with van der Waals surface area (Å²) in [7, 11) is -1.40. The second-order valence-electron chi connectivity index (χ2n) is 14.6. The van der Waals surface area contributed by atoms with Crippen LogP contribution in [0.1, 0.15) is 114 Å². The molecule has 0 spiro atoms. The molecule has 2 heterocycles. The Morgan fingerprint density at radius 2 is 1.39 bits per heavy atom. The molecule has 1 unspecified atom stereocenters. The minimum atomic E-state index is -1.40. The molecular formula is C33H56N7O5P. The lowest BCUT2D eigenvalue weighted by Crippen LogP contribution is -2.55. The first kappa shape index (κ1) is 36.4. The number of rotatable bonds is 17. The minimum absolute atomic E-state index is 0.0703. The van der Waals surface area contributed by atoms with Gasteiger partial charge in [-0.05, 0) is 71.1 Å². The Balaban J connectivity index is 1.41. The number of esters is 2. The van der Waals surface area contributed by atoms with Gasteiger partial charge in [0.15, 0.2) is 11.5 Å². The summed E-state index contributed by atoms with van der Waals surface area (Å²) in [5.41, 5.74) is 5.64. The van der Waals surface area contributed by atoms with Crippen LogP contribution >= 0.6 is 8.22 Å². The van der Waals surface area contributed by atoms with E-state index in [2.05, 4.69) is 52.8 Å². The number of carbonyl (C=O) groups excluding carboxylic acids is 2. The van der Waals surface area contributed by atoms with Gasteiger partial charge in [-0.3, -0.25) is 19.8 Å². The van der Waals surface area contributed by atoms with Crippen molar-refractivity contribution >= 4 is 37.1 Å². The Labute approximate surface area is 275 Å². The lowest BCUT2D eigenvalue weighted by atomic mass is 9.63. The maximum absolute atomic E-state index is 13.4. The zero-order valence-electron chi connectivity index (χ0n) is 29.3. The predicted octanol–water partition coefficient (Wildman–Crippen LogP) is 5.84. The van der Waals surface area contributed by atoms with Crippen LogP contribution in [0.5, 0.6) is 0 Å². The first-order valence-electron chi connectivity index (χ1n) is 16.9. The van der Waals surface area contributed by atoms with Crippen molar-refractivity contribution in [2.75, 3.05) is 12.1 Å². The van der Waals surface area contributed by atoms with E-state index in [0.29, 0.717) is 23.5 Å². The number of hydrogen-bond acceptors (Lipinski definition) is 11. The summed E-state index contributed by atoms with van der Waals surface area (Å²) in [6, 6.07) is 0. The van der Waals surface area contributed by atoms with Crippen LogP contribution in [-0.4, -0.2) is 67.2 Å². The van der Waals surface area contributed by atoms with Crippen molar-refractivity contribution in [1.29, 1.82) is 0 Å². The van der Waals surface area contributed by atoms with Gasteiger partial charge in [-0.15, -0.1) is 0 Å². The fraction of sp³-hybridized carbons (Fsp3) is 0.788. The SMILES string of the molecule is CCC1(CC)CC(OC(=O)C(C)(C)NP(COC(C)Cn2cnc3c(N)ncnc32)NC(C)(C)C(=O)OC2CC(CC)(CC)C2)C1. The standard InChI is InChI=1S/C33H56N7O5P/c1-10-32(11-2)14-23(15-32)44-28(41)30(6,7)38-46(39-31(8,9)29(42)45-24-16-33(12-3,13-4)17-24)21-43-22(5)18-40-20-37-25-26(34)35-19-36-27(25)40/h19-20,22-24,38-39H,10-18,21H2,1-9H3,(H2,34,35,36). The summed E-state index contributed by atoms with van der Waals surface area (Å²) >= 11 is 0. The second kappa shape index (κ2) is 14.4.